The number of aliphatic hydroxyl groups excluding tert-OH is 1. The lowest BCUT2D eigenvalue weighted by molar-refractivity contribution is -0.121. The fourth-order valence-electron chi connectivity index (χ4n) is 4.99. The minimum atomic E-state index is -0.512. The molecule has 0 saturated carbocycles. The van der Waals surface area contributed by atoms with Crippen molar-refractivity contribution in [3.63, 3.8) is 0 Å². The highest BCUT2D eigenvalue weighted by atomic mass is 16.5. The van der Waals surface area contributed by atoms with Gasteiger partial charge in [0.25, 0.3) is 0 Å². The van der Waals surface area contributed by atoms with Crippen LogP contribution in [0.1, 0.15) is 99.5 Å². The van der Waals surface area contributed by atoms with Gasteiger partial charge in [-0.05, 0) is 56.9 Å². The van der Waals surface area contributed by atoms with E-state index in [1.165, 1.54) is 44.1 Å². The number of hydrogen-bond donors (Lipinski definition) is 1. The molecule has 0 fully saturated rings. The maximum Gasteiger partial charge on any atom is 0.231 e. The number of carbonyl (C=O) groups excluding carboxylic acids is 2. The Balaban J connectivity index is 1.61. The first-order valence-corrected chi connectivity index (χ1v) is 12.5. The van der Waals surface area contributed by atoms with Gasteiger partial charge in [0.2, 0.25) is 11.6 Å². The number of carbonyl (C=O) groups is 2. The van der Waals surface area contributed by atoms with Gasteiger partial charge in [-0.2, -0.15) is 0 Å². The highest BCUT2D eigenvalue weighted by molar-refractivity contribution is 6.24. The Morgan fingerprint density at radius 2 is 1.42 bits per heavy atom. The van der Waals surface area contributed by atoms with E-state index in [1.54, 1.807) is 12.2 Å². The summed E-state index contributed by atoms with van der Waals surface area (Å²) < 4.78 is 6.11. The largest absolute Gasteiger partial charge is 0.504 e. The fourth-order valence-corrected chi connectivity index (χ4v) is 4.99. The van der Waals surface area contributed by atoms with Crippen LogP contribution in [0.4, 0.5) is 0 Å². The summed E-state index contributed by atoms with van der Waals surface area (Å²) in [6, 6.07) is 4.19. The second-order valence-electron chi connectivity index (χ2n) is 9.52. The van der Waals surface area contributed by atoms with Gasteiger partial charge in [-0.3, -0.25) is 9.59 Å². The van der Waals surface area contributed by atoms with Crippen LogP contribution in [0.2, 0.25) is 0 Å². The second kappa shape index (κ2) is 11.5. The normalized spacial score (nSPS) is 18.1. The molecular formula is C29H38O4. The van der Waals surface area contributed by atoms with Gasteiger partial charge in [0.15, 0.2) is 11.5 Å². The Morgan fingerprint density at radius 3 is 2.03 bits per heavy atom. The molecule has 178 valence electrons. The van der Waals surface area contributed by atoms with Crippen LogP contribution in [-0.2, 0) is 14.3 Å². The Hall–Kier alpha value is -2.62. The first-order valence-electron chi connectivity index (χ1n) is 12.5. The number of hydrogen-bond acceptors (Lipinski definition) is 4. The van der Waals surface area contributed by atoms with E-state index in [9.17, 15) is 14.7 Å². The fraction of sp³-hybridized carbons (Fsp3) is 0.517. The van der Waals surface area contributed by atoms with Crippen LogP contribution < -0.4 is 0 Å². The maximum atomic E-state index is 13.2. The van der Waals surface area contributed by atoms with Crippen LogP contribution in [0.15, 0.2) is 46.9 Å². The van der Waals surface area contributed by atoms with Gasteiger partial charge in [-0.15, -0.1) is 0 Å². The Labute approximate surface area is 198 Å². The molecule has 1 aliphatic heterocycles. The van der Waals surface area contributed by atoms with Crippen molar-refractivity contribution in [1.29, 1.82) is 0 Å². The van der Waals surface area contributed by atoms with Gasteiger partial charge < -0.3 is 9.84 Å². The number of ketones is 2. The average Bonchev–Trinajstić information content (AvgIpc) is 2.77. The van der Waals surface area contributed by atoms with Crippen molar-refractivity contribution in [3.8, 4) is 0 Å². The van der Waals surface area contributed by atoms with E-state index in [0.717, 1.165) is 36.0 Å². The van der Waals surface area contributed by atoms with E-state index >= 15 is 0 Å². The predicted octanol–water partition coefficient (Wildman–Crippen LogP) is 7.38. The lowest BCUT2D eigenvalue weighted by Gasteiger charge is -2.28. The zero-order valence-electron chi connectivity index (χ0n) is 20.6. The molecule has 4 heteroatoms. The molecule has 1 heterocycles. The third-order valence-electron chi connectivity index (χ3n) is 6.71. The van der Waals surface area contributed by atoms with Gasteiger partial charge >= 0.3 is 0 Å². The van der Waals surface area contributed by atoms with Crippen molar-refractivity contribution >= 4 is 11.6 Å². The highest BCUT2D eigenvalue weighted by Gasteiger charge is 2.38. The van der Waals surface area contributed by atoms with Crippen LogP contribution in [0, 0.1) is 20.8 Å². The first-order chi connectivity index (χ1) is 15.8. The zero-order valence-corrected chi connectivity index (χ0v) is 20.6. The SMILES string of the molecule is CCCCCCCCCCCC1=C(O)C(=O)C2=C(O[C@H](c3c(C)cc(C)cc3C)C=C2)C1=O. The van der Waals surface area contributed by atoms with Gasteiger partial charge in [-0.1, -0.05) is 76.0 Å². The summed E-state index contributed by atoms with van der Waals surface area (Å²) in [5.41, 5.74) is 4.74. The number of Topliss-reactive ketones (excluding diaryl/α,β-unsaturated/α-hetero) is 2. The Bertz CT molecular complexity index is 970. The van der Waals surface area contributed by atoms with Gasteiger partial charge in [-0.25, -0.2) is 0 Å². The molecule has 1 aromatic carbocycles. The van der Waals surface area contributed by atoms with Crippen molar-refractivity contribution in [1.82, 2.24) is 0 Å². The minimum absolute atomic E-state index is 0.0793. The van der Waals surface area contributed by atoms with Crippen LogP contribution in [0.5, 0.6) is 0 Å². The number of rotatable bonds is 11. The van der Waals surface area contributed by atoms with Crippen molar-refractivity contribution in [2.24, 2.45) is 0 Å². The molecule has 1 atom stereocenters. The van der Waals surface area contributed by atoms with Gasteiger partial charge in [0, 0.05) is 11.1 Å². The molecule has 1 aromatic rings. The summed E-state index contributed by atoms with van der Waals surface area (Å²) in [4.78, 5) is 25.9. The van der Waals surface area contributed by atoms with E-state index in [-0.39, 0.29) is 22.7 Å². The summed E-state index contributed by atoms with van der Waals surface area (Å²) in [7, 11) is 0. The maximum absolute atomic E-state index is 13.2. The number of benzene rings is 1. The van der Waals surface area contributed by atoms with Crippen LogP contribution >= 0.6 is 0 Å². The molecule has 0 unspecified atom stereocenters. The summed E-state index contributed by atoms with van der Waals surface area (Å²) >= 11 is 0. The number of allylic oxidation sites excluding steroid dienone is 3. The molecule has 3 rings (SSSR count). The topological polar surface area (TPSA) is 63.6 Å². The second-order valence-corrected chi connectivity index (χ2v) is 9.52. The van der Waals surface area contributed by atoms with Gasteiger partial charge in [0.1, 0.15) is 6.10 Å². The molecule has 0 radical (unpaired) electrons. The standard InChI is InChI=1S/C29H38O4/c1-5-6-7-8-9-10-11-12-13-14-22-26(30)27(31)23-15-16-24(33-29(23)28(22)32)25-20(3)17-19(2)18-21(25)4/h15-18,24,30H,5-14H2,1-4H3/t24-/m0/s1. The molecule has 0 spiro atoms. The predicted molar refractivity (Wildman–Crippen MR) is 132 cm³/mol. The van der Waals surface area contributed by atoms with Crippen molar-refractivity contribution < 1.29 is 19.4 Å². The quantitative estimate of drug-likeness (QED) is 0.282. The average molecular weight is 451 g/mol. The van der Waals surface area contributed by atoms with Crippen LogP contribution in [0.3, 0.4) is 0 Å². The molecular weight excluding hydrogens is 412 g/mol. The summed E-state index contributed by atoms with van der Waals surface area (Å²) in [6.45, 7) is 8.34. The molecule has 0 amide bonds. The van der Waals surface area contributed by atoms with Crippen molar-refractivity contribution in [2.75, 3.05) is 0 Å². The smallest absolute Gasteiger partial charge is 0.231 e. The number of unbranched alkanes of at least 4 members (excludes halogenated alkanes) is 8. The minimum Gasteiger partial charge on any atom is -0.504 e. The number of aliphatic hydroxyl groups is 1. The highest BCUT2D eigenvalue weighted by Crippen LogP contribution is 2.38. The first kappa shape index (κ1) is 25.0. The third-order valence-corrected chi connectivity index (χ3v) is 6.71. The van der Waals surface area contributed by atoms with Crippen molar-refractivity contribution in [3.05, 3.63) is 69.2 Å². The van der Waals surface area contributed by atoms with E-state index in [2.05, 4.69) is 26.0 Å². The molecule has 0 saturated heterocycles. The van der Waals surface area contributed by atoms with Crippen molar-refractivity contribution in [2.45, 2.75) is 98.0 Å². The van der Waals surface area contributed by atoms with Gasteiger partial charge in [0.05, 0.1) is 5.57 Å². The third kappa shape index (κ3) is 5.85. The van der Waals surface area contributed by atoms with E-state index in [0.29, 0.717) is 6.42 Å². The summed E-state index contributed by atoms with van der Waals surface area (Å²) in [6.07, 6.45) is 13.9. The molecule has 1 N–H and O–H groups in total. The molecule has 0 aromatic heterocycles. The van der Waals surface area contributed by atoms with Crippen LogP contribution in [-0.4, -0.2) is 16.7 Å². The number of ether oxygens (including phenoxy) is 1. The monoisotopic (exact) mass is 450 g/mol. The molecule has 2 aliphatic rings. The lowest BCUT2D eigenvalue weighted by Crippen LogP contribution is -2.27. The Morgan fingerprint density at radius 1 is 0.848 bits per heavy atom. The van der Waals surface area contributed by atoms with E-state index in [1.807, 2.05) is 13.8 Å². The molecule has 0 bridgehead atoms. The number of aryl methyl sites for hydroxylation is 3. The van der Waals surface area contributed by atoms with Crippen LogP contribution in [0.25, 0.3) is 0 Å². The van der Waals surface area contributed by atoms with E-state index < -0.39 is 17.6 Å². The zero-order chi connectivity index (χ0) is 24.0. The molecule has 33 heavy (non-hydrogen) atoms. The molecule has 1 aliphatic carbocycles. The Kier molecular flexibility index (Phi) is 8.71. The molecule has 4 nitrogen and oxygen atoms in total. The lowest BCUT2D eigenvalue weighted by atomic mass is 9.87. The summed E-state index contributed by atoms with van der Waals surface area (Å²) in [5, 5.41) is 10.5. The van der Waals surface area contributed by atoms with E-state index in [4.69, 9.17) is 4.74 Å². The summed E-state index contributed by atoms with van der Waals surface area (Å²) in [5.74, 6) is -1.19.